The van der Waals surface area contributed by atoms with Crippen molar-refractivity contribution in [3.63, 3.8) is 0 Å². The summed E-state index contributed by atoms with van der Waals surface area (Å²) in [6, 6.07) is 0. The maximum Gasteiger partial charge on any atom is 0.328 e. The SMILES string of the molecule is CC(=CC(=O)O)CCCS(=O)(=O)O. The summed E-state index contributed by atoms with van der Waals surface area (Å²) < 4.78 is 28.9. The van der Waals surface area contributed by atoms with E-state index in [1.54, 1.807) is 6.92 Å². The van der Waals surface area contributed by atoms with Gasteiger partial charge in [0.05, 0.1) is 5.75 Å². The molecule has 0 atom stereocenters. The van der Waals surface area contributed by atoms with Crippen LogP contribution in [0.15, 0.2) is 11.6 Å². The lowest BCUT2D eigenvalue weighted by Gasteiger charge is -1.98. The van der Waals surface area contributed by atoms with Gasteiger partial charge in [-0.1, -0.05) is 5.57 Å². The van der Waals surface area contributed by atoms with Crippen molar-refractivity contribution in [3.05, 3.63) is 11.6 Å². The van der Waals surface area contributed by atoms with Gasteiger partial charge >= 0.3 is 5.97 Å². The highest BCUT2D eigenvalue weighted by atomic mass is 32.2. The van der Waals surface area contributed by atoms with Crippen molar-refractivity contribution in [2.24, 2.45) is 0 Å². The van der Waals surface area contributed by atoms with Crippen LogP contribution in [-0.4, -0.2) is 29.8 Å². The van der Waals surface area contributed by atoms with Gasteiger partial charge in [-0.05, 0) is 19.8 Å². The quantitative estimate of drug-likeness (QED) is 0.512. The lowest BCUT2D eigenvalue weighted by atomic mass is 10.2. The van der Waals surface area contributed by atoms with Crippen LogP contribution in [-0.2, 0) is 14.9 Å². The second kappa shape index (κ2) is 4.98. The molecule has 0 rings (SSSR count). The van der Waals surface area contributed by atoms with Crippen molar-refractivity contribution in [1.82, 2.24) is 0 Å². The van der Waals surface area contributed by atoms with Crippen LogP contribution in [0.25, 0.3) is 0 Å². The first-order valence-corrected chi connectivity index (χ1v) is 5.27. The monoisotopic (exact) mass is 208 g/mol. The normalized spacial score (nSPS) is 12.9. The van der Waals surface area contributed by atoms with Crippen LogP contribution in [0.2, 0.25) is 0 Å². The van der Waals surface area contributed by atoms with Crippen molar-refractivity contribution >= 4 is 16.1 Å². The molecule has 0 spiro atoms. The molecule has 5 nitrogen and oxygen atoms in total. The molecule has 0 fully saturated rings. The number of hydrogen-bond acceptors (Lipinski definition) is 3. The highest BCUT2D eigenvalue weighted by Gasteiger charge is 2.03. The first-order valence-electron chi connectivity index (χ1n) is 3.66. The van der Waals surface area contributed by atoms with Crippen LogP contribution in [0.3, 0.4) is 0 Å². The largest absolute Gasteiger partial charge is 0.478 e. The molecule has 0 aromatic heterocycles. The lowest BCUT2D eigenvalue weighted by molar-refractivity contribution is -0.131. The zero-order valence-corrected chi connectivity index (χ0v) is 8.04. The average Bonchev–Trinajstić information content (AvgIpc) is 1.81. The van der Waals surface area contributed by atoms with Crippen LogP contribution in [0.4, 0.5) is 0 Å². The summed E-state index contributed by atoms with van der Waals surface area (Å²) >= 11 is 0. The summed E-state index contributed by atoms with van der Waals surface area (Å²) in [5.41, 5.74) is 0.580. The molecule has 0 aliphatic rings. The first-order chi connectivity index (χ1) is 5.81. The van der Waals surface area contributed by atoms with Gasteiger partial charge < -0.3 is 5.11 Å². The number of carboxylic acid groups (broad SMARTS) is 1. The van der Waals surface area contributed by atoms with E-state index >= 15 is 0 Å². The van der Waals surface area contributed by atoms with Gasteiger partial charge in [0.2, 0.25) is 0 Å². The fourth-order valence-electron chi connectivity index (χ4n) is 0.816. The Morgan fingerprint density at radius 1 is 1.46 bits per heavy atom. The van der Waals surface area contributed by atoms with Crippen molar-refractivity contribution in [2.45, 2.75) is 19.8 Å². The molecule has 0 heterocycles. The predicted octanol–water partition coefficient (Wildman–Crippen LogP) is 0.685. The van der Waals surface area contributed by atoms with Crippen LogP contribution < -0.4 is 0 Å². The molecule has 0 saturated carbocycles. The summed E-state index contributed by atoms with van der Waals surface area (Å²) in [6.45, 7) is 1.60. The number of carbonyl (C=O) groups is 1. The molecule has 0 unspecified atom stereocenters. The van der Waals surface area contributed by atoms with Crippen LogP contribution in [0.5, 0.6) is 0 Å². The molecule has 0 saturated heterocycles. The molecule has 0 aromatic carbocycles. The van der Waals surface area contributed by atoms with Gasteiger partial charge in [-0.2, -0.15) is 8.42 Å². The third-order valence-corrected chi connectivity index (χ3v) is 2.15. The molecule has 0 radical (unpaired) electrons. The smallest absolute Gasteiger partial charge is 0.328 e. The van der Waals surface area contributed by atoms with Crippen LogP contribution in [0, 0.1) is 0 Å². The molecule has 0 bridgehead atoms. The van der Waals surface area contributed by atoms with Gasteiger partial charge in [-0.25, -0.2) is 4.79 Å². The van der Waals surface area contributed by atoms with E-state index in [4.69, 9.17) is 9.66 Å². The Morgan fingerprint density at radius 3 is 2.38 bits per heavy atom. The van der Waals surface area contributed by atoms with Crippen LogP contribution in [0.1, 0.15) is 19.8 Å². The van der Waals surface area contributed by atoms with Gasteiger partial charge in [-0.3, -0.25) is 4.55 Å². The second-order valence-electron chi connectivity index (χ2n) is 2.72. The molecule has 0 aliphatic carbocycles. The third kappa shape index (κ3) is 9.03. The van der Waals surface area contributed by atoms with E-state index in [9.17, 15) is 13.2 Å². The number of allylic oxidation sites excluding steroid dienone is 1. The maximum absolute atomic E-state index is 10.3. The van der Waals surface area contributed by atoms with Crippen LogP contribution >= 0.6 is 0 Å². The highest BCUT2D eigenvalue weighted by molar-refractivity contribution is 7.85. The fraction of sp³-hybridized carbons (Fsp3) is 0.571. The number of aliphatic carboxylic acids is 1. The van der Waals surface area contributed by atoms with E-state index in [1.165, 1.54) is 0 Å². The Morgan fingerprint density at radius 2 is 2.00 bits per heavy atom. The van der Waals surface area contributed by atoms with E-state index in [0.29, 0.717) is 12.0 Å². The summed E-state index contributed by atoms with van der Waals surface area (Å²) in [6.07, 6.45) is 1.60. The van der Waals surface area contributed by atoms with Gasteiger partial charge in [-0.15, -0.1) is 0 Å². The molecule has 2 N–H and O–H groups in total. The molecule has 0 aliphatic heterocycles. The molecule has 0 amide bonds. The Kier molecular flexibility index (Phi) is 4.64. The summed E-state index contributed by atoms with van der Waals surface area (Å²) in [5, 5.41) is 8.30. The Bertz CT molecular complexity index is 301. The standard InChI is InChI=1S/C7H12O5S/c1-6(5-7(8)9)3-2-4-13(10,11)12/h5H,2-4H2,1H3,(H,8,9)(H,10,11,12). The van der Waals surface area contributed by atoms with Gasteiger partial charge in [0.25, 0.3) is 10.1 Å². The summed E-state index contributed by atoms with van der Waals surface area (Å²) in [5.74, 6) is -1.39. The van der Waals surface area contributed by atoms with Crippen molar-refractivity contribution in [2.75, 3.05) is 5.75 Å². The maximum atomic E-state index is 10.3. The van der Waals surface area contributed by atoms with Gasteiger partial charge in [0.1, 0.15) is 0 Å². The minimum Gasteiger partial charge on any atom is -0.478 e. The zero-order chi connectivity index (χ0) is 10.5. The molecule has 6 heteroatoms. The average molecular weight is 208 g/mol. The van der Waals surface area contributed by atoms with E-state index in [1.807, 2.05) is 0 Å². The minimum atomic E-state index is -3.92. The second-order valence-corrected chi connectivity index (χ2v) is 4.29. The van der Waals surface area contributed by atoms with Crippen molar-refractivity contribution < 1.29 is 22.9 Å². The fourth-order valence-corrected chi connectivity index (χ4v) is 1.33. The molecule has 0 aromatic rings. The topological polar surface area (TPSA) is 91.7 Å². The Labute approximate surface area is 76.8 Å². The molecular weight excluding hydrogens is 196 g/mol. The molecule has 76 valence electrons. The zero-order valence-electron chi connectivity index (χ0n) is 7.23. The van der Waals surface area contributed by atoms with E-state index < -0.39 is 16.1 Å². The summed E-state index contributed by atoms with van der Waals surface area (Å²) in [4.78, 5) is 10.1. The van der Waals surface area contributed by atoms with Gasteiger partial charge in [0, 0.05) is 6.08 Å². The first kappa shape index (κ1) is 12.1. The lowest BCUT2D eigenvalue weighted by Crippen LogP contribution is -2.03. The number of carboxylic acids is 1. The van der Waals surface area contributed by atoms with E-state index in [-0.39, 0.29) is 12.2 Å². The Hall–Kier alpha value is -0.880. The Balaban J connectivity index is 3.85. The summed E-state index contributed by atoms with van der Waals surface area (Å²) in [7, 11) is -3.92. The van der Waals surface area contributed by atoms with Gasteiger partial charge in [0.15, 0.2) is 0 Å². The highest BCUT2D eigenvalue weighted by Crippen LogP contribution is 2.04. The van der Waals surface area contributed by atoms with E-state index in [0.717, 1.165) is 6.08 Å². The van der Waals surface area contributed by atoms with E-state index in [2.05, 4.69) is 0 Å². The number of rotatable bonds is 5. The molecule has 13 heavy (non-hydrogen) atoms. The number of hydrogen-bond donors (Lipinski definition) is 2. The molecular formula is C7H12O5S. The van der Waals surface area contributed by atoms with Crippen molar-refractivity contribution in [3.8, 4) is 0 Å². The van der Waals surface area contributed by atoms with Crippen molar-refractivity contribution in [1.29, 1.82) is 0 Å². The third-order valence-electron chi connectivity index (χ3n) is 1.34. The minimum absolute atomic E-state index is 0.231. The predicted molar refractivity (Wildman–Crippen MR) is 47.0 cm³/mol.